The summed E-state index contributed by atoms with van der Waals surface area (Å²) in [6, 6.07) is 23.5. The van der Waals surface area contributed by atoms with Crippen LogP contribution < -0.4 is 10.6 Å². The van der Waals surface area contributed by atoms with Crippen molar-refractivity contribution in [1.29, 1.82) is 0 Å². The van der Waals surface area contributed by atoms with Crippen molar-refractivity contribution in [3.05, 3.63) is 107 Å². The lowest BCUT2D eigenvalue weighted by Crippen LogP contribution is -2.26. The Morgan fingerprint density at radius 3 is 2.29 bits per heavy atom. The number of benzene rings is 3. The second-order valence-corrected chi connectivity index (χ2v) is 11.8. The molecule has 0 aliphatic heterocycles. The van der Waals surface area contributed by atoms with Gasteiger partial charge in [-0.2, -0.15) is 0 Å². The van der Waals surface area contributed by atoms with Gasteiger partial charge in [-0.05, 0) is 89.6 Å². The van der Waals surface area contributed by atoms with Crippen molar-refractivity contribution in [2.45, 2.75) is 70.6 Å². The van der Waals surface area contributed by atoms with Crippen molar-refractivity contribution in [3.8, 4) is 0 Å². The van der Waals surface area contributed by atoms with Crippen LogP contribution in [0.2, 0.25) is 0 Å². The maximum absolute atomic E-state index is 13.8. The summed E-state index contributed by atoms with van der Waals surface area (Å²) in [6.45, 7) is 6.52. The number of allylic oxidation sites excluding steroid dienone is 2. The molecule has 0 saturated carbocycles. The molecule has 2 amide bonds. The molecule has 1 atom stereocenters. The molecule has 6 heteroatoms. The first-order chi connectivity index (χ1) is 19.6. The Morgan fingerprint density at radius 2 is 1.66 bits per heavy atom. The monoisotopic (exact) mass is 552 g/mol. The number of nitrogens with one attached hydrogen (secondary N) is 2. The highest BCUT2D eigenvalue weighted by Crippen LogP contribution is 2.30. The van der Waals surface area contributed by atoms with Gasteiger partial charge in [0, 0.05) is 17.8 Å². The van der Waals surface area contributed by atoms with Gasteiger partial charge in [-0.25, -0.2) is 0 Å². The fourth-order valence-electron chi connectivity index (χ4n) is 5.10. The van der Waals surface area contributed by atoms with E-state index in [1.165, 1.54) is 24.0 Å². The summed E-state index contributed by atoms with van der Waals surface area (Å²) in [5.74, 6) is -1.80. The third kappa shape index (κ3) is 8.40. The van der Waals surface area contributed by atoms with E-state index in [2.05, 4.69) is 67.8 Å². The van der Waals surface area contributed by atoms with Gasteiger partial charge in [-0.1, -0.05) is 75.4 Å². The van der Waals surface area contributed by atoms with Crippen LogP contribution in [0.25, 0.3) is 5.57 Å². The van der Waals surface area contributed by atoms with Crippen LogP contribution in [0.4, 0.5) is 5.69 Å². The molecular weight excluding hydrogens is 512 g/mol. The molecule has 3 aromatic carbocycles. The molecule has 41 heavy (non-hydrogen) atoms. The molecule has 4 rings (SSSR count). The predicted octanol–water partition coefficient (Wildman–Crippen LogP) is 7.11. The van der Waals surface area contributed by atoms with E-state index in [4.69, 9.17) is 5.11 Å². The zero-order valence-electron chi connectivity index (χ0n) is 24.2. The summed E-state index contributed by atoms with van der Waals surface area (Å²) in [7, 11) is 0. The number of carboxylic acids is 1. The minimum Gasteiger partial charge on any atom is -0.481 e. The van der Waals surface area contributed by atoms with E-state index in [1.54, 1.807) is 12.1 Å². The average Bonchev–Trinajstić information content (AvgIpc) is 2.96. The van der Waals surface area contributed by atoms with E-state index in [1.807, 2.05) is 30.3 Å². The summed E-state index contributed by atoms with van der Waals surface area (Å²) in [4.78, 5) is 36.9. The smallest absolute Gasteiger partial charge is 0.305 e. The first kappa shape index (κ1) is 29.8. The van der Waals surface area contributed by atoms with Crippen LogP contribution in [0.5, 0.6) is 0 Å². The molecule has 1 unspecified atom stereocenters. The molecule has 1 aliphatic carbocycles. The van der Waals surface area contributed by atoms with E-state index in [0.29, 0.717) is 12.0 Å². The summed E-state index contributed by atoms with van der Waals surface area (Å²) >= 11 is 0. The van der Waals surface area contributed by atoms with Crippen LogP contribution >= 0.6 is 0 Å². The Labute approximate surface area is 242 Å². The van der Waals surface area contributed by atoms with Gasteiger partial charge < -0.3 is 15.7 Å². The molecule has 0 spiro atoms. The summed E-state index contributed by atoms with van der Waals surface area (Å²) < 4.78 is 0. The Kier molecular flexibility index (Phi) is 9.77. The zero-order chi connectivity index (χ0) is 29.4. The molecule has 0 saturated heterocycles. The molecular formula is C35H40N2O4. The summed E-state index contributed by atoms with van der Waals surface area (Å²) in [5, 5.41) is 14.6. The first-order valence-electron chi connectivity index (χ1n) is 14.4. The maximum Gasteiger partial charge on any atom is 0.305 e. The molecule has 214 valence electrons. The summed E-state index contributed by atoms with van der Waals surface area (Å²) in [5.41, 5.74) is 6.78. The number of amides is 2. The van der Waals surface area contributed by atoms with Crippen molar-refractivity contribution in [2.24, 2.45) is 0 Å². The normalized spacial score (nSPS) is 14.1. The molecule has 0 aromatic heterocycles. The lowest BCUT2D eigenvalue weighted by molar-refractivity contribution is -0.136. The van der Waals surface area contributed by atoms with E-state index in [0.717, 1.165) is 35.2 Å². The van der Waals surface area contributed by atoms with Crippen LogP contribution in [-0.4, -0.2) is 29.4 Å². The van der Waals surface area contributed by atoms with Gasteiger partial charge in [0.15, 0.2) is 0 Å². The van der Waals surface area contributed by atoms with Crippen LogP contribution in [0.15, 0.2) is 78.9 Å². The Hall–Kier alpha value is -4.19. The van der Waals surface area contributed by atoms with Crippen molar-refractivity contribution < 1.29 is 19.5 Å². The number of hydrogen-bond donors (Lipinski definition) is 3. The van der Waals surface area contributed by atoms with Crippen LogP contribution in [0, 0.1) is 0 Å². The second-order valence-electron chi connectivity index (χ2n) is 11.8. The number of hydrogen-bond acceptors (Lipinski definition) is 3. The van der Waals surface area contributed by atoms with Gasteiger partial charge in [0.2, 0.25) is 5.91 Å². The standard InChI is InChI=1S/C35H40N2O4/c1-35(2,3)29-10-7-11-30(23-29)37-34(41)31(27-18-16-26(17-19-27)25-8-5-4-6-9-25)22-24-12-14-28(15-13-24)33(40)36-21-20-32(38)39/h7-8,10-19,23,31H,4-6,9,20-22H2,1-3H3,(H,36,40)(H,37,41)(H,38,39). The number of aliphatic carboxylic acids is 1. The van der Waals surface area contributed by atoms with Crippen molar-refractivity contribution in [1.82, 2.24) is 5.32 Å². The van der Waals surface area contributed by atoms with Gasteiger partial charge >= 0.3 is 5.97 Å². The largest absolute Gasteiger partial charge is 0.481 e. The number of carbonyl (C=O) groups excluding carboxylic acids is 2. The quantitative estimate of drug-likeness (QED) is 0.250. The molecule has 1 aliphatic rings. The highest BCUT2D eigenvalue weighted by atomic mass is 16.4. The average molecular weight is 553 g/mol. The minimum absolute atomic E-state index is 0.0363. The van der Waals surface area contributed by atoms with Crippen molar-refractivity contribution >= 4 is 29.0 Å². The Balaban J connectivity index is 1.55. The summed E-state index contributed by atoms with van der Waals surface area (Å²) in [6.07, 6.45) is 7.31. The minimum atomic E-state index is -0.960. The Morgan fingerprint density at radius 1 is 0.927 bits per heavy atom. The highest BCUT2D eigenvalue weighted by Gasteiger charge is 2.23. The van der Waals surface area contributed by atoms with Gasteiger partial charge in [0.1, 0.15) is 0 Å². The number of anilines is 1. The fourth-order valence-corrected chi connectivity index (χ4v) is 5.10. The van der Waals surface area contributed by atoms with E-state index in [-0.39, 0.29) is 30.2 Å². The predicted molar refractivity (Wildman–Crippen MR) is 164 cm³/mol. The molecule has 0 bridgehead atoms. The SMILES string of the molecule is CC(C)(C)c1cccc(NC(=O)C(Cc2ccc(C(=O)NCCC(=O)O)cc2)c2ccc(C3=CCCCC3)cc2)c1. The Bertz CT molecular complexity index is 1400. The zero-order valence-corrected chi connectivity index (χ0v) is 24.2. The fraction of sp³-hybridized carbons (Fsp3) is 0.343. The van der Waals surface area contributed by atoms with Gasteiger partial charge in [-0.3, -0.25) is 14.4 Å². The topological polar surface area (TPSA) is 95.5 Å². The number of carbonyl (C=O) groups is 3. The van der Waals surface area contributed by atoms with Crippen LogP contribution in [0.3, 0.4) is 0 Å². The lowest BCUT2D eigenvalue weighted by Gasteiger charge is -2.22. The van der Waals surface area contributed by atoms with Gasteiger partial charge in [0.25, 0.3) is 5.91 Å². The molecule has 0 heterocycles. The van der Waals surface area contributed by atoms with Gasteiger partial charge in [-0.15, -0.1) is 0 Å². The molecule has 0 radical (unpaired) electrons. The second kappa shape index (κ2) is 13.4. The first-order valence-corrected chi connectivity index (χ1v) is 14.4. The lowest BCUT2D eigenvalue weighted by atomic mass is 9.86. The van der Waals surface area contributed by atoms with Crippen LogP contribution in [-0.2, 0) is 21.4 Å². The molecule has 0 fully saturated rings. The molecule has 3 aromatic rings. The van der Waals surface area contributed by atoms with Crippen LogP contribution in [0.1, 0.15) is 91.4 Å². The van der Waals surface area contributed by atoms with Crippen molar-refractivity contribution in [2.75, 3.05) is 11.9 Å². The third-order valence-electron chi connectivity index (χ3n) is 7.57. The van der Waals surface area contributed by atoms with E-state index >= 15 is 0 Å². The van der Waals surface area contributed by atoms with E-state index < -0.39 is 11.9 Å². The van der Waals surface area contributed by atoms with Crippen molar-refractivity contribution in [3.63, 3.8) is 0 Å². The van der Waals surface area contributed by atoms with Gasteiger partial charge in [0.05, 0.1) is 12.3 Å². The molecule has 6 nitrogen and oxygen atoms in total. The maximum atomic E-state index is 13.8. The number of rotatable bonds is 10. The highest BCUT2D eigenvalue weighted by molar-refractivity contribution is 5.96. The van der Waals surface area contributed by atoms with E-state index in [9.17, 15) is 14.4 Å². The number of carboxylic acid groups (broad SMARTS) is 1. The molecule has 3 N–H and O–H groups in total. The third-order valence-corrected chi connectivity index (χ3v) is 7.57.